The van der Waals surface area contributed by atoms with Gasteiger partial charge in [0.2, 0.25) is 5.91 Å². The molecule has 1 spiro atoms. The lowest BCUT2D eigenvalue weighted by molar-refractivity contribution is -0.138. The molecule has 126 valence electrons. The molecule has 4 nitrogen and oxygen atoms in total. The van der Waals surface area contributed by atoms with Crippen molar-refractivity contribution in [3.63, 3.8) is 0 Å². The highest BCUT2D eigenvalue weighted by Crippen LogP contribution is 2.44. The Balaban J connectivity index is 1.34. The Labute approximate surface area is 143 Å². The van der Waals surface area contributed by atoms with Gasteiger partial charge in [0.25, 0.3) is 0 Å². The average molecular weight is 324 g/mol. The Morgan fingerprint density at radius 2 is 1.75 bits per heavy atom. The fraction of sp³-hybridized carbons (Fsp3) is 0.450. The summed E-state index contributed by atoms with van der Waals surface area (Å²) in [5.74, 6) is 2.39. The van der Waals surface area contributed by atoms with Gasteiger partial charge >= 0.3 is 0 Å². The highest BCUT2D eigenvalue weighted by Gasteiger charge is 2.53. The van der Waals surface area contributed by atoms with Crippen molar-refractivity contribution in [3.05, 3.63) is 54.0 Å². The van der Waals surface area contributed by atoms with E-state index >= 15 is 0 Å². The monoisotopic (exact) mass is 324 g/mol. The molecule has 1 amide bonds. The molecule has 3 heterocycles. The third-order valence-corrected chi connectivity index (χ3v) is 5.49. The van der Waals surface area contributed by atoms with Crippen molar-refractivity contribution in [2.24, 2.45) is 5.41 Å². The maximum absolute atomic E-state index is 12.7. The highest BCUT2D eigenvalue weighted by atomic mass is 16.3. The first-order valence-electron chi connectivity index (χ1n) is 8.87. The minimum atomic E-state index is -0.121. The Hall–Kier alpha value is -2.07. The van der Waals surface area contributed by atoms with E-state index in [2.05, 4.69) is 24.0 Å². The molecule has 0 saturated carbocycles. The summed E-state index contributed by atoms with van der Waals surface area (Å²) >= 11 is 0. The molecule has 24 heavy (non-hydrogen) atoms. The Bertz CT molecular complexity index is 714. The second kappa shape index (κ2) is 6.10. The number of nitrogens with zero attached hydrogens (tertiary/aromatic N) is 2. The number of carbonyl (C=O) groups is 1. The van der Waals surface area contributed by atoms with Crippen molar-refractivity contribution >= 4 is 11.6 Å². The first-order chi connectivity index (χ1) is 11.7. The predicted octanol–water partition coefficient (Wildman–Crippen LogP) is 3.47. The Morgan fingerprint density at radius 3 is 2.38 bits per heavy atom. The molecular formula is C20H24N2O2. The number of amides is 1. The molecule has 0 atom stereocenters. The van der Waals surface area contributed by atoms with Crippen molar-refractivity contribution in [1.82, 2.24) is 4.90 Å². The second-order valence-electron chi connectivity index (χ2n) is 7.00. The largest absolute Gasteiger partial charge is 0.465 e. The zero-order valence-corrected chi connectivity index (χ0v) is 14.2. The number of β-lactam (4-membered cyclic amide) rings is 1. The van der Waals surface area contributed by atoms with E-state index in [0.29, 0.717) is 5.91 Å². The SMILES string of the molecule is CCc1ccc(CN2CCC3(CC2)CN(c2ccccc2)C3=O)o1. The van der Waals surface area contributed by atoms with Crippen LogP contribution in [0.15, 0.2) is 46.9 Å². The number of aryl methyl sites for hydroxylation is 1. The quantitative estimate of drug-likeness (QED) is 0.808. The van der Waals surface area contributed by atoms with Gasteiger partial charge in [-0.15, -0.1) is 0 Å². The maximum Gasteiger partial charge on any atom is 0.235 e. The van der Waals surface area contributed by atoms with E-state index < -0.39 is 0 Å². The molecular weight excluding hydrogens is 300 g/mol. The lowest BCUT2D eigenvalue weighted by Gasteiger charge is -2.52. The van der Waals surface area contributed by atoms with Gasteiger partial charge < -0.3 is 9.32 Å². The molecule has 2 aliphatic heterocycles. The number of rotatable bonds is 4. The van der Waals surface area contributed by atoms with Crippen LogP contribution in [-0.2, 0) is 17.8 Å². The molecule has 1 aromatic carbocycles. The van der Waals surface area contributed by atoms with Gasteiger partial charge in [0.05, 0.1) is 12.0 Å². The molecule has 0 N–H and O–H groups in total. The third-order valence-electron chi connectivity index (χ3n) is 5.49. The summed E-state index contributed by atoms with van der Waals surface area (Å²) in [6, 6.07) is 14.1. The average Bonchev–Trinajstić information content (AvgIpc) is 3.09. The summed E-state index contributed by atoms with van der Waals surface area (Å²) in [4.78, 5) is 17.1. The summed E-state index contributed by atoms with van der Waals surface area (Å²) in [6.45, 7) is 5.76. The molecule has 4 heteroatoms. The van der Waals surface area contributed by atoms with Crippen LogP contribution in [0.1, 0.15) is 31.3 Å². The number of furan rings is 1. The van der Waals surface area contributed by atoms with Gasteiger partial charge in [-0.2, -0.15) is 0 Å². The van der Waals surface area contributed by atoms with Crippen LogP contribution < -0.4 is 4.90 Å². The summed E-state index contributed by atoms with van der Waals surface area (Å²) in [5.41, 5.74) is 0.905. The lowest BCUT2D eigenvalue weighted by Crippen LogP contribution is -2.64. The number of likely N-dealkylation sites (tertiary alicyclic amines) is 1. The van der Waals surface area contributed by atoms with Gasteiger partial charge in [0.1, 0.15) is 11.5 Å². The Morgan fingerprint density at radius 1 is 1.04 bits per heavy atom. The van der Waals surface area contributed by atoms with E-state index in [1.54, 1.807) is 0 Å². The van der Waals surface area contributed by atoms with Crippen LogP contribution in [0.5, 0.6) is 0 Å². The van der Waals surface area contributed by atoms with Gasteiger partial charge in [0.15, 0.2) is 0 Å². The van der Waals surface area contributed by atoms with E-state index in [9.17, 15) is 4.79 Å². The predicted molar refractivity (Wildman–Crippen MR) is 93.8 cm³/mol. The number of hydrogen-bond donors (Lipinski definition) is 0. The molecule has 2 aromatic rings. The van der Waals surface area contributed by atoms with Gasteiger partial charge in [-0.3, -0.25) is 9.69 Å². The minimum Gasteiger partial charge on any atom is -0.465 e. The first-order valence-corrected chi connectivity index (χ1v) is 8.87. The Kier molecular flexibility index (Phi) is 3.93. The molecule has 0 aliphatic carbocycles. The van der Waals surface area contributed by atoms with Crippen LogP contribution in [-0.4, -0.2) is 30.4 Å². The van der Waals surface area contributed by atoms with E-state index in [0.717, 1.165) is 62.6 Å². The summed E-state index contributed by atoms with van der Waals surface area (Å²) in [6.07, 6.45) is 2.85. The number of benzene rings is 1. The molecule has 0 bridgehead atoms. The molecule has 1 aromatic heterocycles. The van der Waals surface area contributed by atoms with Crippen molar-refractivity contribution in [3.8, 4) is 0 Å². The van der Waals surface area contributed by atoms with Crippen LogP contribution >= 0.6 is 0 Å². The fourth-order valence-corrected chi connectivity index (χ4v) is 3.88. The number of piperidine rings is 1. The van der Waals surface area contributed by atoms with Crippen molar-refractivity contribution in [2.75, 3.05) is 24.5 Å². The van der Waals surface area contributed by atoms with Gasteiger partial charge in [-0.25, -0.2) is 0 Å². The topological polar surface area (TPSA) is 36.7 Å². The van der Waals surface area contributed by atoms with E-state index in [4.69, 9.17) is 4.42 Å². The summed E-state index contributed by atoms with van der Waals surface area (Å²) in [7, 11) is 0. The van der Waals surface area contributed by atoms with Crippen molar-refractivity contribution in [1.29, 1.82) is 0 Å². The minimum absolute atomic E-state index is 0.121. The number of para-hydroxylation sites is 1. The fourth-order valence-electron chi connectivity index (χ4n) is 3.88. The van der Waals surface area contributed by atoms with Crippen LogP contribution in [0, 0.1) is 5.41 Å². The van der Waals surface area contributed by atoms with Gasteiger partial charge in [-0.1, -0.05) is 25.1 Å². The van der Waals surface area contributed by atoms with E-state index in [-0.39, 0.29) is 5.41 Å². The molecule has 2 saturated heterocycles. The molecule has 0 unspecified atom stereocenters. The van der Waals surface area contributed by atoms with Crippen LogP contribution in [0.3, 0.4) is 0 Å². The smallest absolute Gasteiger partial charge is 0.235 e. The standard InChI is InChI=1S/C20H24N2O2/c1-2-17-8-9-18(24-17)14-21-12-10-20(11-13-21)15-22(19(20)23)16-6-4-3-5-7-16/h3-9H,2,10-15H2,1H3. The first kappa shape index (κ1) is 15.5. The maximum atomic E-state index is 12.7. The number of anilines is 1. The summed E-state index contributed by atoms with van der Waals surface area (Å²) < 4.78 is 5.81. The molecule has 2 fully saturated rings. The molecule has 2 aliphatic rings. The number of carbonyl (C=O) groups excluding carboxylic acids is 1. The molecule has 4 rings (SSSR count). The second-order valence-corrected chi connectivity index (χ2v) is 7.00. The van der Waals surface area contributed by atoms with Crippen LogP contribution in [0.25, 0.3) is 0 Å². The highest BCUT2D eigenvalue weighted by molar-refractivity contribution is 6.04. The van der Waals surface area contributed by atoms with Crippen molar-refractivity contribution in [2.45, 2.75) is 32.7 Å². The third kappa shape index (κ3) is 2.65. The summed E-state index contributed by atoms with van der Waals surface area (Å²) in [5, 5.41) is 0. The van der Waals surface area contributed by atoms with E-state index in [1.165, 1.54) is 0 Å². The van der Waals surface area contributed by atoms with Crippen LogP contribution in [0.2, 0.25) is 0 Å². The van der Waals surface area contributed by atoms with Gasteiger partial charge in [-0.05, 0) is 50.2 Å². The zero-order chi connectivity index (χ0) is 16.6. The lowest BCUT2D eigenvalue weighted by atomic mass is 9.71. The van der Waals surface area contributed by atoms with Crippen LogP contribution in [0.4, 0.5) is 5.69 Å². The zero-order valence-electron chi connectivity index (χ0n) is 14.2. The van der Waals surface area contributed by atoms with E-state index in [1.807, 2.05) is 35.2 Å². The van der Waals surface area contributed by atoms with Gasteiger partial charge in [0, 0.05) is 18.7 Å². The normalized spacial score (nSPS) is 20.4. The van der Waals surface area contributed by atoms with Crippen molar-refractivity contribution < 1.29 is 9.21 Å². The number of hydrogen-bond acceptors (Lipinski definition) is 3. The molecule has 0 radical (unpaired) electrons.